The molecule has 6 heteroatoms. The average Bonchev–Trinajstić information content (AvgIpc) is 2.41. The highest BCUT2D eigenvalue weighted by molar-refractivity contribution is 9.10. The predicted molar refractivity (Wildman–Crippen MR) is 82.9 cm³/mol. The second-order valence-corrected chi connectivity index (χ2v) is 5.34. The number of carboxylic acids is 1. The van der Waals surface area contributed by atoms with E-state index in [-0.39, 0.29) is 6.42 Å². The number of carboxylic acid groups (broad SMARTS) is 1. The van der Waals surface area contributed by atoms with Gasteiger partial charge in [0, 0.05) is 10.9 Å². The van der Waals surface area contributed by atoms with E-state index in [1.54, 1.807) is 12.1 Å². The van der Waals surface area contributed by atoms with Gasteiger partial charge in [0.25, 0.3) is 0 Å². The van der Waals surface area contributed by atoms with Gasteiger partial charge in [0.05, 0.1) is 19.3 Å². The number of ether oxygens (including phenoxy) is 2. The summed E-state index contributed by atoms with van der Waals surface area (Å²) in [5, 5.41) is 18.8. The van der Waals surface area contributed by atoms with Crippen LogP contribution in [0.25, 0.3) is 0 Å². The molecule has 0 fully saturated rings. The van der Waals surface area contributed by atoms with Crippen LogP contribution in [0.3, 0.4) is 0 Å². The molecule has 0 saturated heterocycles. The molecule has 0 amide bonds. The molecule has 1 rings (SSSR count). The third-order valence-corrected chi connectivity index (χ3v) is 3.58. The minimum atomic E-state index is -0.858. The summed E-state index contributed by atoms with van der Waals surface area (Å²) in [6.07, 6.45) is 0.0998. The Labute approximate surface area is 133 Å². The van der Waals surface area contributed by atoms with Crippen molar-refractivity contribution >= 4 is 21.9 Å². The topological polar surface area (TPSA) is 76.0 Å². The van der Waals surface area contributed by atoms with Gasteiger partial charge in [-0.05, 0) is 44.4 Å². The maximum Gasteiger partial charge on any atom is 0.303 e. The molecule has 118 valence electrons. The third kappa shape index (κ3) is 5.55. The Balaban J connectivity index is 2.90. The molecule has 2 N–H and O–H groups in total. The Bertz CT molecular complexity index is 475. The van der Waals surface area contributed by atoms with E-state index >= 15 is 0 Å². The lowest BCUT2D eigenvalue weighted by molar-refractivity contribution is -0.137. The Morgan fingerprint density at radius 1 is 1.24 bits per heavy atom. The minimum absolute atomic E-state index is 0.0457. The third-order valence-electron chi connectivity index (χ3n) is 2.89. The second-order valence-electron chi connectivity index (χ2n) is 4.49. The highest BCUT2D eigenvalue weighted by Gasteiger charge is 2.17. The molecule has 0 spiro atoms. The van der Waals surface area contributed by atoms with Gasteiger partial charge < -0.3 is 19.7 Å². The average molecular weight is 361 g/mol. The van der Waals surface area contributed by atoms with Crippen molar-refractivity contribution in [2.45, 2.75) is 39.2 Å². The molecule has 0 saturated carbocycles. The minimum Gasteiger partial charge on any atom is -0.490 e. The Kier molecular flexibility index (Phi) is 7.53. The summed E-state index contributed by atoms with van der Waals surface area (Å²) in [7, 11) is 0. The monoisotopic (exact) mass is 360 g/mol. The number of aliphatic hydroxyl groups excluding tert-OH is 1. The second kappa shape index (κ2) is 8.89. The van der Waals surface area contributed by atoms with Crippen LogP contribution < -0.4 is 9.47 Å². The normalized spacial score (nSPS) is 12.0. The molecule has 0 heterocycles. The van der Waals surface area contributed by atoms with Gasteiger partial charge in [-0.1, -0.05) is 15.9 Å². The van der Waals surface area contributed by atoms with Gasteiger partial charge in [-0.15, -0.1) is 0 Å². The lowest BCUT2D eigenvalue weighted by Crippen LogP contribution is -2.04. The number of carbonyl (C=O) groups is 1. The molecule has 5 nitrogen and oxygen atoms in total. The number of halogens is 1. The fraction of sp³-hybridized carbons (Fsp3) is 0.533. The zero-order valence-corrected chi connectivity index (χ0v) is 13.9. The van der Waals surface area contributed by atoms with Crippen LogP contribution in [0.1, 0.15) is 44.8 Å². The maximum absolute atomic E-state index is 10.5. The van der Waals surface area contributed by atoms with E-state index in [0.29, 0.717) is 43.1 Å². The molecule has 0 aliphatic rings. The van der Waals surface area contributed by atoms with Crippen molar-refractivity contribution in [1.82, 2.24) is 0 Å². The first-order chi connectivity index (χ1) is 9.99. The van der Waals surface area contributed by atoms with E-state index in [1.165, 1.54) is 0 Å². The molecule has 0 aliphatic heterocycles. The van der Waals surface area contributed by atoms with E-state index < -0.39 is 12.1 Å². The van der Waals surface area contributed by atoms with Gasteiger partial charge in [-0.25, -0.2) is 0 Å². The molecule has 0 radical (unpaired) electrons. The maximum atomic E-state index is 10.5. The van der Waals surface area contributed by atoms with Crippen LogP contribution in [0.5, 0.6) is 11.5 Å². The molecule has 1 aromatic carbocycles. The van der Waals surface area contributed by atoms with Crippen LogP contribution in [-0.4, -0.2) is 29.4 Å². The number of hydrogen-bond acceptors (Lipinski definition) is 4. The lowest BCUT2D eigenvalue weighted by Gasteiger charge is -2.17. The Hall–Kier alpha value is -1.27. The van der Waals surface area contributed by atoms with Crippen LogP contribution in [0.15, 0.2) is 16.6 Å². The van der Waals surface area contributed by atoms with Crippen molar-refractivity contribution in [3.8, 4) is 11.5 Å². The zero-order valence-electron chi connectivity index (χ0n) is 12.3. The highest BCUT2D eigenvalue weighted by atomic mass is 79.9. The Morgan fingerprint density at radius 3 is 2.33 bits per heavy atom. The summed E-state index contributed by atoms with van der Waals surface area (Å²) in [4.78, 5) is 10.5. The van der Waals surface area contributed by atoms with Gasteiger partial charge in [0.1, 0.15) is 0 Å². The molecule has 1 aromatic rings. The van der Waals surface area contributed by atoms with Gasteiger partial charge in [-0.2, -0.15) is 0 Å². The number of aliphatic carboxylic acids is 1. The highest BCUT2D eigenvalue weighted by Crippen LogP contribution is 2.37. The fourth-order valence-electron chi connectivity index (χ4n) is 1.94. The summed E-state index contributed by atoms with van der Waals surface area (Å²) in [6.45, 7) is 4.78. The summed E-state index contributed by atoms with van der Waals surface area (Å²) >= 11 is 3.41. The van der Waals surface area contributed by atoms with E-state index in [2.05, 4.69) is 15.9 Å². The van der Waals surface area contributed by atoms with Crippen molar-refractivity contribution in [3.63, 3.8) is 0 Å². The van der Waals surface area contributed by atoms with Crippen molar-refractivity contribution in [3.05, 3.63) is 22.2 Å². The van der Waals surface area contributed by atoms with Gasteiger partial charge in [0.2, 0.25) is 0 Å². The first-order valence-electron chi connectivity index (χ1n) is 6.98. The predicted octanol–water partition coefficient (Wildman–Crippen LogP) is 3.53. The molecular weight excluding hydrogens is 340 g/mol. The van der Waals surface area contributed by atoms with Crippen molar-refractivity contribution in [2.24, 2.45) is 0 Å². The summed E-state index contributed by atoms with van der Waals surface area (Å²) in [6, 6.07) is 3.51. The molecule has 0 aromatic heterocycles. The van der Waals surface area contributed by atoms with Crippen LogP contribution in [0.2, 0.25) is 0 Å². The number of hydrogen-bond donors (Lipinski definition) is 2. The standard InChI is InChI=1S/C15H21BrO5/c1-3-20-13-8-10(11(16)9-14(13)21-4-2)12(17)6-5-7-15(18)19/h8-9,12,17H,3-7H2,1-2H3,(H,18,19). The number of benzene rings is 1. The number of aliphatic hydroxyl groups is 1. The molecule has 21 heavy (non-hydrogen) atoms. The summed E-state index contributed by atoms with van der Waals surface area (Å²) in [5.74, 6) is 0.338. The van der Waals surface area contributed by atoms with Gasteiger partial charge >= 0.3 is 5.97 Å². The fourth-order valence-corrected chi connectivity index (χ4v) is 2.53. The first-order valence-corrected chi connectivity index (χ1v) is 7.77. The van der Waals surface area contributed by atoms with Gasteiger partial charge in [-0.3, -0.25) is 4.79 Å². The van der Waals surface area contributed by atoms with E-state index in [0.717, 1.165) is 4.47 Å². The summed E-state index contributed by atoms with van der Waals surface area (Å²) in [5.41, 5.74) is 0.673. The van der Waals surface area contributed by atoms with Crippen LogP contribution in [0.4, 0.5) is 0 Å². The van der Waals surface area contributed by atoms with Crippen LogP contribution in [-0.2, 0) is 4.79 Å². The quantitative estimate of drug-likeness (QED) is 0.704. The molecule has 0 aliphatic carbocycles. The largest absolute Gasteiger partial charge is 0.490 e. The Morgan fingerprint density at radius 2 is 1.81 bits per heavy atom. The molecule has 0 bridgehead atoms. The first kappa shape index (κ1) is 17.8. The van der Waals surface area contributed by atoms with Crippen LogP contribution in [0, 0.1) is 0 Å². The van der Waals surface area contributed by atoms with E-state index in [4.69, 9.17) is 14.6 Å². The van der Waals surface area contributed by atoms with E-state index in [1.807, 2.05) is 13.8 Å². The van der Waals surface area contributed by atoms with Crippen molar-refractivity contribution in [1.29, 1.82) is 0 Å². The molecular formula is C15H21BrO5. The smallest absolute Gasteiger partial charge is 0.303 e. The lowest BCUT2D eigenvalue weighted by atomic mass is 10.0. The summed E-state index contributed by atoms with van der Waals surface area (Å²) < 4.78 is 11.8. The number of rotatable bonds is 9. The molecule has 1 unspecified atom stereocenters. The molecule has 1 atom stereocenters. The van der Waals surface area contributed by atoms with Crippen LogP contribution >= 0.6 is 15.9 Å². The SMILES string of the molecule is CCOc1cc(Br)c(C(O)CCCC(=O)O)cc1OCC. The van der Waals surface area contributed by atoms with Crippen molar-refractivity contribution < 1.29 is 24.5 Å². The van der Waals surface area contributed by atoms with Gasteiger partial charge in [0.15, 0.2) is 11.5 Å². The zero-order chi connectivity index (χ0) is 15.8. The van der Waals surface area contributed by atoms with Crippen molar-refractivity contribution in [2.75, 3.05) is 13.2 Å². The van der Waals surface area contributed by atoms with E-state index in [9.17, 15) is 9.90 Å².